The van der Waals surface area contributed by atoms with Crippen LogP contribution in [0.25, 0.3) is 0 Å². The molecular weight excluding hydrogens is 200 g/mol. The molecule has 0 aliphatic heterocycles. The molecule has 0 aromatic carbocycles. The first-order valence-corrected chi connectivity index (χ1v) is 4.91. The van der Waals surface area contributed by atoms with Gasteiger partial charge in [-0.15, -0.1) is 17.8 Å². The minimum atomic E-state index is -0.879. The first kappa shape index (κ1) is 10.7. The summed E-state index contributed by atoms with van der Waals surface area (Å²) in [5.74, 6) is 1.54. The quantitative estimate of drug-likeness (QED) is 0.725. The predicted octanol–water partition coefficient (Wildman–Crippen LogP) is 0.663. The van der Waals surface area contributed by atoms with Crippen LogP contribution < -0.4 is 0 Å². The molecule has 4 nitrogen and oxygen atoms in total. The molecule has 0 amide bonds. The van der Waals surface area contributed by atoms with Gasteiger partial charge < -0.3 is 5.11 Å². The van der Waals surface area contributed by atoms with Gasteiger partial charge in [-0.1, -0.05) is 5.92 Å². The minimum absolute atomic E-state index is 0.0538. The van der Waals surface area contributed by atoms with Crippen molar-refractivity contribution in [2.75, 3.05) is 13.1 Å². The average molecular weight is 210 g/mol. The number of carboxylic acid groups (broad SMARTS) is 1. The van der Waals surface area contributed by atoms with Crippen LogP contribution in [-0.4, -0.2) is 34.0 Å². The van der Waals surface area contributed by atoms with Crippen LogP contribution in [0, 0.1) is 12.3 Å². The summed E-state index contributed by atoms with van der Waals surface area (Å²) in [5, 5.41) is 10.5. The third-order valence-corrected chi connectivity index (χ3v) is 2.18. The summed E-state index contributed by atoms with van der Waals surface area (Å²) in [6.45, 7) is 0.756. The predicted molar refractivity (Wildman–Crippen MR) is 53.9 cm³/mol. The van der Waals surface area contributed by atoms with E-state index in [-0.39, 0.29) is 6.54 Å². The number of thiazole rings is 1. The number of terminal acetylenes is 1. The largest absolute Gasteiger partial charge is 0.480 e. The van der Waals surface area contributed by atoms with Gasteiger partial charge in [-0.3, -0.25) is 9.69 Å². The number of aliphatic carboxylic acids is 1. The molecule has 74 valence electrons. The van der Waals surface area contributed by atoms with Crippen LogP contribution in [0.3, 0.4) is 0 Å². The van der Waals surface area contributed by atoms with E-state index in [9.17, 15) is 4.79 Å². The third kappa shape index (κ3) is 3.56. The van der Waals surface area contributed by atoms with Crippen LogP contribution in [0.5, 0.6) is 0 Å². The van der Waals surface area contributed by atoms with Gasteiger partial charge in [-0.05, 0) is 0 Å². The molecule has 1 aromatic heterocycles. The van der Waals surface area contributed by atoms with Gasteiger partial charge in [0.2, 0.25) is 0 Å². The van der Waals surface area contributed by atoms with Gasteiger partial charge in [0.25, 0.3) is 0 Å². The fourth-order valence-corrected chi connectivity index (χ4v) is 1.58. The topological polar surface area (TPSA) is 53.4 Å². The Labute approximate surface area is 86.2 Å². The zero-order valence-electron chi connectivity index (χ0n) is 7.51. The van der Waals surface area contributed by atoms with Gasteiger partial charge in [0.05, 0.1) is 24.3 Å². The minimum Gasteiger partial charge on any atom is -0.480 e. The van der Waals surface area contributed by atoms with Crippen molar-refractivity contribution in [2.24, 2.45) is 0 Å². The number of rotatable bonds is 5. The number of hydrogen-bond donors (Lipinski definition) is 1. The Bertz CT molecular complexity index is 329. The maximum absolute atomic E-state index is 10.5. The Kier molecular flexibility index (Phi) is 4.11. The molecule has 5 heteroatoms. The van der Waals surface area contributed by atoms with E-state index < -0.39 is 5.97 Å². The first-order chi connectivity index (χ1) is 6.72. The van der Waals surface area contributed by atoms with Crippen molar-refractivity contribution in [1.29, 1.82) is 0 Å². The smallest absolute Gasteiger partial charge is 0.317 e. The Hall–Kier alpha value is -1.38. The molecule has 0 aliphatic rings. The summed E-state index contributed by atoms with van der Waals surface area (Å²) >= 11 is 1.48. The second-order valence-corrected chi connectivity index (χ2v) is 3.44. The van der Waals surface area contributed by atoms with E-state index >= 15 is 0 Å². The summed E-state index contributed by atoms with van der Waals surface area (Å²) in [6.07, 6.45) is 5.13. The highest BCUT2D eigenvalue weighted by Crippen LogP contribution is 2.04. The van der Waals surface area contributed by atoms with Gasteiger partial charge in [-0.25, -0.2) is 4.98 Å². The molecule has 1 aromatic rings. The molecule has 1 rings (SSSR count). The molecule has 14 heavy (non-hydrogen) atoms. The highest BCUT2D eigenvalue weighted by molar-refractivity contribution is 7.07. The number of carboxylic acids is 1. The molecule has 0 atom stereocenters. The Balaban J connectivity index is 2.52. The Morgan fingerprint density at radius 1 is 1.79 bits per heavy atom. The lowest BCUT2D eigenvalue weighted by Gasteiger charge is -2.15. The average Bonchev–Trinajstić information content (AvgIpc) is 2.56. The van der Waals surface area contributed by atoms with E-state index in [2.05, 4.69) is 10.9 Å². The second kappa shape index (κ2) is 5.37. The highest BCUT2D eigenvalue weighted by Gasteiger charge is 2.09. The molecule has 0 spiro atoms. The summed E-state index contributed by atoms with van der Waals surface area (Å²) in [6, 6.07) is 0. The summed E-state index contributed by atoms with van der Waals surface area (Å²) in [7, 11) is 0. The standard InChI is InChI=1S/C9H10N2O2S/c1-2-3-11(5-9(12)13)4-8-6-14-7-10-8/h1,6-7H,3-5H2,(H,12,13). The number of hydrogen-bond acceptors (Lipinski definition) is 4. The summed E-state index contributed by atoms with van der Waals surface area (Å²) in [5.41, 5.74) is 2.57. The van der Waals surface area contributed by atoms with Crippen molar-refractivity contribution in [3.8, 4) is 12.3 Å². The normalized spacial score (nSPS) is 10.0. The van der Waals surface area contributed by atoms with E-state index in [1.54, 1.807) is 10.4 Å². The van der Waals surface area contributed by atoms with Crippen LogP contribution in [0.2, 0.25) is 0 Å². The van der Waals surface area contributed by atoms with Crippen molar-refractivity contribution in [3.05, 3.63) is 16.6 Å². The molecule has 0 saturated heterocycles. The fourth-order valence-electron chi connectivity index (χ4n) is 1.03. The molecule has 1 N–H and O–H groups in total. The zero-order valence-corrected chi connectivity index (χ0v) is 8.33. The lowest BCUT2D eigenvalue weighted by molar-refractivity contribution is -0.138. The van der Waals surface area contributed by atoms with Crippen LogP contribution in [0.1, 0.15) is 5.69 Å². The SMILES string of the molecule is C#CCN(CC(=O)O)Cc1cscn1. The molecule has 1 heterocycles. The van der Waals surface area contributed by atoms with Crippen LogP contribution in [0.15, 0.2) is 10.9 Å². The summed E-state index contributed by atoms with van der Waals surface area (Å²) < 4.78 is 0. The molecule has 0 bridgehead atoms. The molecule has 0 unspecified atom stereocenters. The van der Waals surface area contributed by atoms with Crippen LogP contribution in [-0.2, 0) is 11.3 Å². The Morgan fingerprint density at radius 2 is 2.57 bits per heavy atom. The van der Waals surface area contributed by atoms with Gasteiger partial charge in [0.1, 0.15) is 0 Å². The first-order valence-electron chi connectivity index (χ1n) is 3.97. The lowest BCUT2D eigenvalue weighted by atomic mass is 10.4. The van der Waals surface area contributed by atoms with Crippen molar-refractivity contribution in [2.45, 2.75) is 6.54 Å². The van der Waals surface area contributed by atoms with Crippen molar-refractivity contribution >= 4 is 17.3 Å². The van der Waals surface area contributed by atoms with Crippen LogP contribution in [0.4, 0.5) is 0 Å². The third-order valence-electron chi connectivity index (χ3n) is 1.54. The second-order valence-electron chi connectivity index (χ2n) is 2.72. The number of carbonyl (C=O) groups is 1. The van der Waals surface area contributed by atoms with E-state index in [1.807, 2.05) is 5.38 Å². The molecule has 0 fully saturated rings. The number of nitrogens with zero attached hydrogens (tertiary/aromatic N) is 2. The van der Waals surface area contributed by atoms with Gasteiger partial charge in [-0.2, -0.15) is 0 Å². The maximum atomic E-state index is 10.5. The molecule has 0 saturated carbocycles. The Morgan fingerprint density at radius 3 is 3.07 bits per heavy atom. The maximum Gasteiger partial charge on any atom is 0.317 e. The number of aromatic nitrogens is 1. The van der Waals surface area contributed by atoms with E-state index in [0.717, 1.165) is 5.69 Å². The zero-order chi connectivity index (χ0) is 10.4. The van der Waals surface area contributed by atoms with Crippen molar-refractivity contribution in [3.63, 3.8) is 0 Å². The van der Waals surface area contributed by atoms with Crippen molar-refractivity contribution in [1.82, 2.24) is 9.88 Å². The molecule has 0 aliphatic carbocycles. The lowest BCUT2D eigenvalue weighted by Crippen LogP contribution is -2.29. The fraction of sp³-hybridized carbons (Fsp3) is 0.333. The van der Waals surface area contributed by atoms with Gasteiger partial charge in [0.15, 0.2) is 0 Å². The van der Waals surface area contributed by atoms with Crippen molar-refractivity contribution < 1.29 is 9.90 Å². The summed E-state index contributed by atoms with van der Waals surface area (Å²) in [4.78, 5) is 16.2. The van der Waals surface area contributed by atoms with E-state index in [0.29, 0.717) is 13.1 Å². The van der Waals surface area contributed by atoms with E-state index in [1.165, 1.54) is 11.3 Å². The van der Waals surface area contributed by atoms with E-state index in [4.69, 9.17) is 11.5 Å². The highest BCUT2D eigenvalue weighted by atomic mass is 32.1. The molecule has 0 radical (unpaired) electrons. The molecular formula is C9H10N2O2S. The van der Waals surface area contributed by atoms with Crippen LogP contribution >= 0.6 is 11.3 Å². The van der Waals surface area contributed by atoms with Gasteiger partial charge >= 0.3 is 5.97 Å². The van der Waals surface area contributed by atoms with Gasteiger partial charge in [0, 0.05) is 11.9 Å². The monoisotopic (exact) mass is 210 g/mol.